The fourth-order valence-electron chi connectivity index (χ4n) is 1.48. The zero-order chi connectivity index (χ0) is 11.5. The van der Waals surface area contributed by atoms with Crippen LogP contribution < -0.4 is 4.90 Å². The Morgan fingerprint density at radius 3 is 3.06 bits per heavy atom. The minimum Gasteiger partial charge on any atom is -0.478 e. The quantitative estimate of drug-likeness (QED) is 0.807. The number of anilines is 1. The second kappa shape index (κ2) is 4.44. The molecule has 0 saturated carbocycles. The Morgan fingerprint density at radius 2 is 2.44 bits per heavy atom. The second-order valence-electron chi connectivity index (χ2n) is 3.37. The minimum atomic E-state index is -0.993. The van der Waals surface area contributed by atoms with Gasteiger partial charge in [0, 0.05) is 30.1 Å². The van der Waals surface area contributed by atoms with Gasteiger partial charge in [-0.15, -0.1) is 0 Å². The lowest BCUT2D eigenvalue weighted by Gasteiger charge is -2.09. The summed E-state index contributed by atoms with van der Waals surface area (Å²) >= 11 is 1.32. The highest BCUT2D eigenvalue weighted by atomic mass is 32.1. The van der Waals surface area contributed by atoms with Crippen LogP contribution in [0.2, 0.25) is 0 Å². The number of carboxylic acids is 1. The number of carboxylic acid groups (broad SMARTS) is 1. The normalized spacial score (nSPS) is 16.2. The summed E-state index contributed by atoms with van der Waals surface area (Å²) in [4.78, 5) is 28.2. The number of nitrogens with zero attached hydrogens (tertiary/aromatic N) is 2. The van der Waals surface area contributed by atoms with E-state index in [4.69, 9.17) is 5.11 Å². The van der Waals surface area contributed by atoms with E-state index in [1.54, 1.807) is 11.1 Å². The molecular formula is C10H10N2O3S. The molecule has 0 unspecified atom stereocenters. The number of aromatic nitrogens is 1. The Balaban J connectivity index is 2.13. The van der Waals surface area contributed by atoms with Gasteiger partial charge in [0.1, 0.15) is 0 Å². The maximum Gasteiger partial charge on any atom is 0.328 e. The van der Waals surface area contributed by atoms with Crippen molar-refractivity contribution in [3.05, 3.63) is 17.2 Å². The molecule has 16 heavy (non-hydrogen) atoms. The van der Waals surface area contributed by atoms with E-state index in [0.29, 0.717) is 18.1 Å². The van der Waals surface area contributed by atoms with Crippen molar-refractivity contribution in [3.63, 3.8) is 0 Å². The van der Waals surface area contributed by atoms with Crippen molar-refractivity contribution in [1.82, 2.24) is 4.98 Å². The summed E-state index contributed by atoms with van der Waals surface area (Å²) in [5.41, 5.74) is 0. The Labute approximate surface area is 96.0 Å². The molecule has 0 spiro atoms. The average molecular weight is 238 g/mol. The lowest BCUT2D eigenvalue weighted by atomic mass is 10.4. The van der Waals surface area contributed by atoms with Gasteiger partial charge in [-0.25, -0.2) is 9.78 Å². The molecular weight excluding hydrogens is 228 g/mol. The second-order valence-corrected chi connectivity index (χ2v) is 4.41. The van der Waals surface area contributed by atoms with Gasteiger partial charge in [0.05, 0.1) is 0 Å². The van der Waals surface area contributed by atoms with Crippen molar-refractivity contribution in [3.8, 4) is 0 Å². The number of aliphatic carboxylic acids is 1. The van der Waals surface area contributed by atoms with E-state index < -0.39 is 5.97 Å². The third kappa shape index (κ3) is 2.27. The van der Waals surface area contributed by atoms with E-state index in [0.717, 1.165) is 17.4 Å². The van der Waals surface area contributed by atoms with Crippen LogP contribution in [0.15, 0.2) is 12.3 Å². The summed E-state index contributed by atoms with van der Waals surface area (Å²) in [5, 5.41) is 9.11. The van der Waals surface area contributed by atoms with E-state index in [1.165, 1.54) is 17.4 Å². The highest BCUT2D eigenvalue weighted by Gasteiger charge is 2.23. The highest BCUT2D eigenvalue weighted by molar-refractivity contribution is 7.16. The molecule has 1 aromatic heterocycles. The maximum atomic E-state index is 11.4. The molecule has 0 radical (unpaired) electrons. The SMILES string of the molecule is O=C(O)/C=C/c1cnc(N2CCCC2=O)s1. The maximum absolute atomic E-state index is 11.4. The van der Waals surface area contributed by atoms with E-state index in [9.17, 15) is 9.59 Å². The first-order chi connectivity index (χ1) is 7.66. The van der Waals surface area contributed by atoms with Gasteiger partial charge in [-0.3, -0.25) is 9.69 Å². The summed E-state index contributed by atoms with van der Waals surface area (Å²) in [6.07, 6.45) is 5.54. The van der Waals surface area contributed by atoms with Crippen LogP contribution in [-0.2, 0) is 9.59 Å². The third-order valence-electron chi connectivity index (χ3n) is 2.21. The van der Waals surface area contributed by atoms with Crippen molar-refractivity contribution in [1.29, 1.82) is 0 Å². The first kappa shape index (κ1) is 10.8. The van der Waals surface area contributed by atoms with Gasteiger partial charge in [0.2, 0.25) is 5.91 Å². The van der Waals surface area contributed by atoms with Gasteiger partial charge < -0.3 is 5.11 Å². The third-order valence-corrected chi connectivity index (χ3v) is 3.19. The number of rotatable bonds is 3. The van der Waals surface area contributed by atoms with Crippen molar-refractivity contribution < 1.29 is 14.7 Å². The van der Waals surface area contributed by atoms with Crippen LogP contribution in [0, 0.1) is 0 Å². The van der Waals surface area contributed by atoms with E-state index in [1.807, 2.05) is 0 Å². The highest BCUT2D eigenvalue weighted by Crippen LogP contribution is 2.27. The molecule has 6 heteroatoms. The van der Waals surface area contributed by atoms with Crippen molar-refractivity contribution in [2.75, 3.05) is 11.4 Å². The summed E-state index contributed by atoms with van der Waals surface area (Å²) < 4.78 is 0. The Kier molecular flexibility index (Phi) is 3.00. The number of hydrogen-bond acceptors (Lipinski definition) is 4. The minimum absolute atomic E-state index is 0.0862. The molecule has 0 aromatic carbocycles. The first-order valence-corrected chi connectivity index (χ1v) is 5.65. The largest absolute Gasteiger partial charge is 0.478 e. The first-order valence-electron chi connectivity index (χ1n) is 4.84. The Morgan fingerprint density at radius 1 is 1.62 bits per heavy atom. The van der Waals surface area contributed by atoms with Crippen molar-refractivity contribution in [2.45, 2.75) is 12.8 Å². The van der Waals surface area contributed by atoms with Crippen LogP contribution in [0.4, 0.5) is 5.13 Å². The van der Waals surface area contributed by atoms with Gasteiger partial charge in [-0.05, 0) is 12.5 Å². The van der Waals surface area contributed by atoms with Crippen LogP contribution in [0.5, 0.6) is 0 Å². The van der Waals surface area contributed by atoms with Crippen molar-refractivity contribution >= 4 is 34.4 Å². The van der Waals surface area contributed by atoms with Crippen LogP contribution >= 0.6 is 11.3 Å². The lowest BCUT2D eigenvalue weighted by molar-refractivity contribution is -0.131. The molecule has 1 fully saturated rings. The molecule has 5 nitrogen and oxygen atoms in total. The number of carbonyl (C=O) groups is 2. The molecule has 84 valence electrons. The molecule has 1 N–H and O–H groups in total. The van der Waals surface area contributed by atoms with E-state index in [-0.39, 0.29) is 5.91 Å². The number of hydrogen-bond donors (Lipinski definition) is 1. The summed E-state index contributed by atoms with van der Waals surface area (Å²) in [5.74, 6) is -0.907. The molecule has 0 aliphatic carbocycles. The molecule has 1 aromatic rings. The average Bonchev–Trinajstić information content (AvgIpc) is 2.83. The lowest BCUT2D eigenvalue weighted by Crippen LogP contribution is -2.23. The number of carbonyl (C=O) groups excluding carboxylic acids is 1. The number of amides is 1. The molecule has 0 atom stereocenters. The standard InChI is InChI=1S/C10H10N2O3S/c13-8-2-1-5-12(8)10-11-6-7(16-10)3-4-9(14)15/h3-4,6H,1-2,5H2,(H,14,15)/b4-3+. The zero-order valence-electron chi connectivity index (χ0n) is 8.42. The van der Waals surface area contributed by atoms with E-state index >= 15 is 0 Å². The summed E-state index contributed by atoms with van der Waals surface area (Å²) in [6.45, 7) is 0.703. The number of thiazole rings is 1. The molecule has 2 heterocycles. The predicted molar refractivity (Wildman–Crippen MR) is 60.4 cm³/mol. The fraction of sp³-hybridized carbons (Fsp3) is 0.300. The van der Waals surface area contributed by atoms with Crippen LogP contribution in [0.3, 0.4) is 0 Å². The monoisotopic (exact) mass is 238 g/mol. The Hall–Kier alpha value is -1.69. The molecule has 1 saturated heterocycles. The van der Waals surface area contributed by atoms with Crippen LogP contribution in [0.25, 0.3) is 6.08 Å². The van der Waals surface area contributed by atoms with Crippen LogP contribution in [-0.4, -0.2) is 28.5 Å². The van der Waals surface area contributed by atoms with Crippen molar-refractivity contribution in [2.24, 2.45) is 0 Å². The molecule has 2 rings (SSSR count). The van der Waals surface area contributed by atoms with Gasteiger partial charge in [-0.2, -0.15) is 0 Å². The fourth-order valence-corrected chi connectivity index (χ4v) is 2.34. The molecule has 1 aliphatic rings. The smallest absolute Gasteiger partial charge is 0.328 e. The van der Waals surface area contributed by atoms with Gasteiger partial charge in [0.25, 0.3) is 0 Å². The predicted octanol–water partition coefficient (Wildman–Crippen LogP) is 1.37. The topological polar surface area (TPSA) is 70.5 Å². The van der Waals surface area contributed by atoms with Gasteiger partial charge >= 0.3 is 5.97 Å². The molecule has 1 aliphatic heterocycles. The van der Waals surface area contributed by atoms with E-state index in [2.05, 4.69) is 4.98 Å². The van der Waals surface area contributed by atoms with Gasteiger partial charge in [0.15, 0.2) is 5.13 Å². The summed E-state index contributed by atoms with van der Waals surface area (Å²) in [6, 6.07) is 0. The Bertz CT molecular complexity index is 453. The molecule has 0 bridgehead atoms. The molecule has 1 amide bonds. The summed E-state index contributed by atoms with van der Waals surface area (Å²) in [7, 11) is 0. The van der Waals surface area contributed by atoms with Crippen LogP contribution in [0.1, 0.15) is 17.7 Å². The zero-order valence-corrected chi connectivity index (χ0v) is 9.24. The van der Waals surface area contributed by atoms with Gasteiger partial charge in [-0.1, -0.05) is 11.3 Å².